The molecule has 2 aromatic carbocycles. The van der Waals surface area contributed by atoms with Crippen LogP contribution >= 0.6 is 27.5 Å². The van der Waals surface area contributed by atoms with E-state index in [1.54, 1.807) is 37.4 Å². The summed E-state index contributed by atoms with van der Waals surface area (Å²) in [5.41, 5.74) is 3.32. The van der Waals surface area contributed by atoms with Crippen LogP contribution in [0.4, 0.5) is 0 Å². The molecule has 1 unspecified atom stereocenters. The fourth-order valence-electron chi connectivity index (χ4n) is 1.62. The minimum atomic E-state index is -0.666. The standard InChI is InChI=1S/C16H14BrClN2O2/c1-11(22-15-7-5-14(18)6-8-15)16(21)20-19-10-12-3-2-4-13(17)9-12/h2-11H,1H3,(H,20,21). The number of nitrogens with one attached hydrogen (secondary N) is 1. The number of carbonyl (C=O) groups excluding carboxylic acids is 1. The quantitative estimate of drug-likeness (QED) is 0.628. The molecular weight excluding hydrogens is 368 g/mol. The fraction of sp³-hybridized carbons (Fsp3) is 0.125. The lowest BCUT2D eigenvalue weighted by atomic mass is 10.2. The van der Waals surface area contributed by atoms with E-state index in [1.165, 1.54) is 0 Å². The number of amides is 1. The normalized spacial score (nSPS) is 12.1. The Kier molecular flexibility index (Phi) is 5.98. The predicted molar refractivity (Wildman–Crippen MR) is 91.4 cm³/mol. The molecule has 114 valence electrons. The number of hydrazone groups is 1. The van der Waals surface area contributed by atoms with Gasteiger partial charge in [-0.25, -0.2) is 5.43 Å². The predicted octanol–water partition coefficient (Wildman–Crippen LogP) is 4.02. The highest BCUT2D eigenvalue weighted by molar-refractivity contribution is 9.10. The number of hydrogen-bond acceptors (Lipinski definition) is 3. The van der Waals surface area contributed by atoms with Crippen molar-refractivity contribution in [3.8, 4) is 5.75 Å². The number of halogens is 2. The van der Waals surface area contributed by atoms with E-state index in [0.717, 1.165) is 10.0 Å². The van der Waals surface area contributed by atoms with E-state index in [9.17, 15) is 4.79 Å². The van der Waals surface area contributed by atoms with Crippen LogP contribution in [0.15, 0.2) is 58.1 Å². The summed E-state index contributed by atoms with van der Waals surface area (Å²) < 4.78 is 6.45. The molecule has 0 bridgehead atoms. The highest BCUT2D eigenvalue weighted by Crippen LogP contribution is 2.16. The van der Waals surface area contributed by atoms with Crippen molar-refractivity contribution < 1.29 is 9.53 Å². The van der Waals surface area contributed by atoms with Crippen LogP contribution in [-0.2, 0) is 4.79 Å². The summed E-state index contributed by atoms with van der Waals surface area (Å²) in [5.74, 6) is 0.240. The van der Waals surface area contributed by atoms with Crippen molar-refractivity contribution in [2.75, 3.05) is 0 Å². The molecule has 0 spiro atoms. The molecule has 0 saturated carbocycles. The minimum absolute atomic E-state index is 0.332. The molecule has 2 aromatic rings. The largest absolute Gasteiger partial charge is 0.481 e. The number of ether oxygens (including phenoxy) is 1. The second-order valence-corrected chi connectivity index (χ2v) is 5.86. The molecule has 4 nitrogen and oxygen atoms in total. The van der Waals surface area contributed by atoms with E-state index in [4.69, 9.17) is 16.3 Å². The summed E-state index contributed by atoms with van der Waals surface area (Å²) >= 11 is 9.16. The van der Waals surface area contributed by atoms with Crippen LogP contribution in [0, 0.1) is 0 Å². The van der Waals surface area contributed by atoms with E-state index < -0.39 is 6.10 Å². The molecule has 0 aliphatic heterocycles. The molecule has 0 aliphatic rings. The Morgan fingerprint density at radius 1 is 1.32 bits per heavy atom. The molecule has 1 N–H and O–H groups in total. The Labute approximate surface area is 142 Å². The molecule has 0 aliphatic carbocycles. The van der Waals surface area contributed by atoms with E-state index in [1.807, 2.05) is 24.3 Å². The van der Waals surface area contributed by atoms with Crippen LogP contribution in [0.3, 0.4) is 0 Å². The first-order chi connectivity index (χ1) is 10.5. The Morgan fingerprint density at radius 2 is 2.05 bits per heavy atom. The third kappa shape index (κ3) is 5.16. The molecule has 0 saturated heterocycles. The van der Waals surface area contributed by atoms with Crippen LogP contribution in [0.1, 0.15) is 12.5 Å². The van der Waals surface area contributed by atoms with Crippen molar-refractivity contribution >= 4 is 39.7 Å². The lowest BCUT2D eigenvalue weighted by Gasteiger charge is -2.12. The Hall–Kier alpha value is -1.85. The molecule has 0 heterocycles. The molecule has 0 radical (unpaired) electrons. The SMILES string of the molecule is CC(Oc1ccc(Cl)cc1)C(=O)NN=Cc1cccc(Br)c1. The van der Waals surface area contributed by atoms with Crippen LogP contribution in [-0.4, -0.2) is 18.2 Å². The van der Waals surface area contributed by atoms with Crippen LogP contribution in [0.5, 0.6) is 5.75 Å². The molecular formula is C16H14BrClN2O2. The van der Waals surface area contributed by atoms with Gasteiger partial charge in [0.1, 0.15) is 5.75 Å². The zero-order valence-corrected chi connectivity index (χ0v) is 14.1. The van der Waals surface area contributed by atoms with Gasteiger partial charge in [0.05, 0.1) is 6.21 Å². The van der Waals surface area contributed by atoms with E-state index in [2.05, 4.69) is 26.5 Å². The van der Waals surface area contributed by atoms with Crippen molar-refractivity contribution in [3.63, 3.8) is 0 Å². The lowest BCUT2D eigenvalue weighted by molar-refractivity contribution is -0.127. The van der Waals surface area contributed by atoms with Gasteiger partial charge in [-0.05, 0) is 48.9 Å². The molecule has 22 heavy (non-hydrogen) atoms. The Bertz CT molecular complexity index is 674. The highest BCUT2D eigenvalue weighted by Gasteiger charge is 2.13. The number of benzene rings is 2. The topological polar surface area (TPSA) is 50.7 Å². The Morgan fingerprint density at radius 3 is 2.73 bits per heavy atom. The third-order valence-corrected chi connectivity index (χ3v) is 3.48. The molecule has 0 aromatic heterocycles. The average molecular weight is 382 g/mol. The molecule has 1 amide bonds. The van der Waals surface area contributed by atoms with Crippen LogP contribution < -0.4 is 10.2 Å². The van der Waals surface area contributed by atoms with E-state index in [-0.39, 0.29) is 5.91 Å². The summed E-state index contributed by atoms with van der Waals surface area (Å²) in [6.45, 7) is 1.65. The van der Waals surface area contributed by atoms with Gasteiger partial charge in [-0.15, -0.1) is 0 Å². The van der Waals surface area contributed by atoms with Crippen LogP contribution in [0.25, 0.3) is 0 Å². The monoisotopic (exact) mass is 380 g/mol. The third-order valence-electron chi connectivity index (χ3n) is 2.73. The number of hydrogen-bond donors (Lipinski definition) is 1. The second kappa shape index (κ2) is 7.96. The van der Waals surface area contributed by atoms with Crippen molar-refractivity contribution in [2.45, 2.75) is 13.0 Å². The van der Waals surface area contributed by atoms with Gasteiger partial charge >= 0.3 is 0 Å². The van der Waals surface area contributed by atoms with Gasteiger partial charge in [0.15, 0.2) is 6.10 Å². The van der Waals surface area contributed by atoms with E-state index >= 15 is 0 Å². The second-order valence-electron chi connectivity index (χ2n) is 4.50. The molecule has 2 rings (SSSR count). The summed E-state index contributed by atoms with van der Waals surface area (Å²) in [6.07, 6.45) is 0.901. The van der Waals surface area contributed by atoms with Crippen molar-refractivity contribution in [2.24, 2.45) is 5.10 Å². The van der Waals surface area contributed by atoms with Gasteiger partial charge < -0.3 is 4.74 Å². The maximum absolute atomic E-state index is 11.9. The van der Waals surface area contributed by atoms with Gasteiger partial charge in [-0.3, -0.25) is 4.79 Å². The summed E-state index contributed by atoms with van der Waals surface area (Å²) in [6, 6.07) is 14.4. The van der Waals surface area contributed by atoms with Gasteiger partial charge in [-0.2, -0.15) is 5.10 Å². The number of rotatable bonds is 5. The average Bonchev–Trinajstić information content (AvgIpc) is 2.49. The summed E-state index contributed by atoms with van der Waals surface area (Å²) in [5, 5.41) is 4.53. The first-order valence-electron chi connectivity index (χ1n) is 6.55. The highest BCUT2D eigenvalue weighted by atomic mass is 79.9. The maximum atomic E-state index is 11.9. The van der Waals surface area contributed by atoms with E-state index in [0.29, 0.717) is 10.8 Å². The van der Waals surface area contributed by atoms with Crippen molar-refractivity contribution in [1.29, 1.82) is 0 Å². The maximum Gasteiger partial charge on any atom is 0.280 e. The molecule has 6 heteroatoms. The fourth-order valence-corrected chi connectivity index (χ4v) is 2.16. The lowest BCUT2D eigenvalue weighted by Crippen LogP contribution is -2.33. The smallest absolute Gasteiger partial charge is 0.280 e. The van der Waals surface area contributed by atoms with Gasteiger partial charge in [0, 0.05) is 9.50 Å². The molecule has 1 atom stereocenters. The van der Waals surface area contributed by atoms with Crippen molar-refractivity contribution in [3.05, 3.63) is 63.6 Å². The minimum Gasteiger partial charge on any atom is -0.481 e. The van der Waals surface area contributed by atoms with Gasteiger partial charge in [0.25, 0.3) is 5.91 Å². The number of carbonyl (C=O) groups is 1. The number of nitrogens with zero attached hydrogens (tertiary/aromatic N) is 1. The van der Waals surface area contributed by atoms with Crippen molar-refractivity contribution in [1.82, 2.24) is 5.43 Å². The summed E-state index contributed by atoms with van der Waals surface area (Å²) in [7, 11) is 0. The first-order valence-corrected chi connectivity index (χ1v) is 7.72. The first kappa shape index (κ1) is 16.5. The Balaban J connectivity index is 1.87. The van der Waals surface area contributed by atoms with Gasteiger partial charge in [-0.1, -0.05) is 39.7 Å². The summed E-state index contributed by atoms with van der Waals surface area (Å²) in [4.78, 5) is 11.9. The van der Waals surface area contributed by atoms with Gasteiger partial charge in [0.2, 0.25) is 0 Å². The van der Waals surface area contributed by atoms with Crippen LogP contribution in [0.2, 0.25) is 5.02 Å². The zero-order chi connectivity index (χ0) is 15.9. The molecule has 0 fully saturated rings. The zero-order valence-electron chi connectivity index (χ0n) is 11.8.